The molecule has 0 aliphatic rings. The number of benzene rings is 1. The normalized spacial score (nSPS) is 10.2. The first-order valence-corrected chi connectivity index (χ1v) is 5.19. The van der Waals surface area contributed by atoms with Crippen LogP contribution in [-0.4, -0.2) is 32.9 Å². The van der Waals surface area contributed by atoms with Crippen LogP contribution in [0.2, 0.25) is 0 Å². The van der Waals surface area contributed by atoms with Crippen molar-refractivity contribution in [3.8, 4) is 5.75 Å². The SMILES string of the molecule is CN(Cc1ncc[nH]1)C(=O)c1ccc(O)cc1. The average molecular weight is 231 g/mol. The van der Waals surface area contributed by atoms with Crippen molar-refractivity contribution >= 4 is 5.91 Å². The molecule has 0 saturated carbocycles. The molecule has 0 aliphatic carbocycles. The van der Waals surface area contributed by atoms with Gasteiger partial charge in [0.2, 0.25) is 0 Å². The smallest absolute Gasteiger partial charge is 0.254 e. The highest BCUT2D eigenvalue weighted by molar-refractivity contribution is 5.94. The van der Waals surface area contributed by atoms with Crippen LogP contribution in [0.4, 0.5) is 0 Å². The number of carbonyl (C=O) groups excluding carboxylic acids is 1. The number of rotatable bonds is 3. The van der Waals surface area contributed by atoms with E-state index in [-0.39, 0.29) is 11.7 Å². The Morgan fingerprint density at radius 3 is 2.71 bits per heavy atom. The highest BCUT2D eigenvalue weighted by atomic mass is 16.3. The third-order valence-corrected chi connectivity index (χ3v) is 2.40. The lowest BCUT2D eigenvalue weighted by Crippen LogP contribution is -2.26. The molecule has 0 atom stereocenters. The number of nitrogens with zero attached hydrogens (tertiary/aromatic N) is 2. The Morgan fingerprint density at radius 2 is 2.12 bits per heavy atom. The first-order chi connectivity index (χ1) is 8.16. The van der Waals surface area contributed by atoms with Crippen LogP contribution in [0.1, 0.15) is 16.2 Å². The van der Waals surface area contributed by atoms with E-state index < -0.39 is 0 Å². The van der Waals surface area contributed by atoms with Crippen molar-refractivity contribution in [2.45, 2.75) is 6.54 Å². The minimum atomic E-state index is -0.110. The van der Waals surface area contributed by atoms with Gasteiger partial charge in [-0.3, -0.25) is 4.79 Å². The summed E-state index contributed by atoms with van der Waals surface area (Å²) < 4.78 is 0. The van der Waals surface area contributed by atoms with Crippen LogP contribution in [0.15, 0.2) is 36.7 Å². The van der Waals surface area contributed by atoms with Crippen molar-refractivity contribution in [3.05, 3.63) is 48.0 Å². The number of imidazole rings is 1. The van der Waals surface area contributed by atoms with E-state index in [1.165, 1.54) is 12.1 Å². The first kappa shape index (κ1) is 11.2. The van der Waals surface area contributed by atoms with Gasteiger partial charge in [-0.2, -0.15) is 0 Å². The topological polar surface area (TPSA) is 69.2 Å². The van der Waals surface area contributed by atoms with E-state index in [0.29, 0.717) is 12.1 Å². The summed E-state index contributed by atoms with van der Waals surface area (Å²) in [5.41, 5.74) is 0.539. The number of aromatic nitrogens is 2. The number of amides is 1. The molecule has 0 radical (unpaired) electrons. The number of H-pyrrole nitrogens is 1. The predicted octanol–water partition coefficient (Wildman–Crippen LogP) is 1.39. The Bertz CT molecular complexity index is 491. The number of aromatic amines is 1. The van der Waals surface area contributed by atoms with Crippen LogP contribution < -0.4 is 0 Å². The van der Waals surface area contributed by atoms with Crippen LogP contribution in [-0.2, 0) is 6.54 Å². The first-order valence-electron chi connectivity index (χ1n) is 5.19. The van der Waals surface area contributed by atoms with Gasteiger partial charge in [-0.25, -0.2) is 4.98 Å². The van der Waals surface area contributed by atoms with Crippen molar-refractivity contribution < 1.29 is 9.90 Å². The van der Waals surface area contributed by atoms with Gasteiger partial charge in [0.1, 0.15) is 11.6 Å². The molecule has 0 unspecified atom stereocenters. The van der Waals surface area contributed by atoms with Gasteiger partial charge in [-0.05, 0) is 24.3 Å². The van der Waals surface area contributed by atoms with E-state index in [4.69, 9.17) is 5.11 Å². The Labute approximate surface area is 98.7 Å². The predicted molar refractivity (Wildman–Crippen MR) is 62.5 cm³/mol. The molecule has 5 heteroatoms. The quantitative estimate of drug-likeness (QED) is 0.838. The van der Waals surface area contributed by atoms with Crippen molar-refractivity contribution in [2.24, 2.45) is 0 Å². The summed E-state index contributed by atoms with van der Waals surface area (Å²) >= 11 is 0. The molecular formula is C12H13N3O2. The summed E-state index contributed by atoms with van der Waals surface area (Å²) in [5, 5.41) is 9.14. The molecule has 2 N–H and O–H groups in total. The molecule has 5 nitrogen and oxygen atoms in total. The van der Waals surface area contributed by atoms with Crippen LogP contribution in [0.5, 0.6) is 5.75 Å². The number of aromatic hydroxyl groups is 1. The monoisotopic (exact) mass is 231 g/mol. The highest BCUT2D eigenvalue weighted by Gasteiger charge is 2.12. The molecular weight excluding hydrogens is 218 g/mol. The van der Waals surface area contributed by atoms with E-state index in [1.54, 1.807) is 36.5 Å². The molecule has 1 aromatic heterocycles. The fourth-order valence-corrected chi connectivity index (χ4v) is 1.51. The molecule has 0 saturated heterocycles. The van der Waals surface area contributed by atoms with E-state index >= 15 is 0 Å². The van der Waals surface area contributed by atoms with Gasteiger partial charge in [0.25, 0.3) is 5.91 Å². The second-order valence-electron chi connectivity index (χ2n) is 3.74. The number of hydrogen-bond acceptors (Lipinski definition) is 3. The van der Waals surface area contributed by atoms with Gasteiger partial charge in [0.15, 0.2) is 0 Å². The van der Waals surface area contributed by atoms with E-state index in [9.17, 15) is 4.79 Å². The summed E-state index contributed by atoms with van der Waals surface area (Å²) in [5.74, 6) is 0.774. The van der Waals surface area contributed by atoms with Crippen molar-refractivity contribution in [3.63, 3.8) is 0 Å². The fraction of sp³-hybridized carbons (Fsp3) is 0.167. The van der Waals surface area contributed by atoms with Crippen LogP contribution in [0, 0.1) is 0 Å². The zero-order valence-electron chi connectivity index (χ0n) is 9.42. The second kappa shape index (κ2) is 4.69. The molecule has 0 bridgehead atoms. The molecule has 17 heavy (non-hydrogen) atoms. The standard InChI is InChI=1S/C12H13N3O2/c1-15(8-11-13-6-7-14-11)12(17)9-2-4-10(16)5-3-9/h2-7,16H,8H2,1H3,(H,13,14). The molecule has 0 spiro atoms. The maximum atomic E-state index is 12.0. The Hall–Kier alpha value is -2.30. The second-order valence-corrected chi connectivity index (χ2v) is 3.74. The maximum Gasteiger partial charge on any atom is 0.254 e. The van der Waals surface area contributed by atoms with Gasteiger partial charge in [-0.1, -0.05) is 0 Å². The zero-order valence-corrected chi connectivity index (χ0v) is 9.42. The van der Waals surface area contributed by atoms with E-state index in [2.05, 4.69) is 9.97 Å². The minimum absolute atomic E-state index is 0.110. The number of carbonyl (C=O) groups is 1. The molecule has 0 aliphatic heterocycles. The molecule has 1 heterocycles. The zero-order chi connectivity index (χ0) is 12.3. The molecule has 88 valence electrons. The third kappa shape index (κ3) is 2.63. The number of nitrogens with one attached hydrogen (secondary N) is 1. The van der Waals surface area contributed by atoms with Gasteiger partial charge in [0, 0.05) is 25.0 Å². The van der Waals surface area contributed by atoms with Gasteiger partial charge < -0.3 is 15.0 Å². The minimum Gasteiger partial charge on any atom is -0.508 e. The Morgan fingerprint density at radius 1 is 1.41 bits per heavy atom. The average Bonchev–Trinajstić information content (AvgIpc) is 2.82. The molecule has 1 amide bonds. The summed E-state index contributed by atoms with van der Waals surface area (Å²) in [6.45, 7) is 0.423. The van der Waals surface area contributed by atoms with Crippen molar-refractivity contribution in [1.29, 1.82) is 0 Å². The van der Waals surface area contributed by atoms with Crippen molar-refractivity contribution in [1.82, 2.24) is 14.9 Å². The Kier molecular flexibility index (Phi) is 3.09. The number of hydrogen-bond donors (Lipinski definition) is 2. The third-order valence-electron chi connectivity index (χ3n) is 2.40. The van der Waals surface area contributed by atoms with Gasteiger partial charge in [0.05, 0.1) is 6.54 Å². The molecule has 0 fully saturated rings. The summed E-state index contributed by atoms with van der Waals surface area (Å²) in [7, 11) is 1.71. The number of phenols is 1. The number of phenolic OH excluding ortho intramolecular Hbond substituents is 1. The summed E-state index contributed by atoms with van der Waals surface area (Å²) in [6.07, 6.45) is 3.36. The summed E-state index contributed by atoms with van der Waals surface area (Å²) in [6, 6.07) is 6.18. The van der Waals surface area contributed by atoms with E-state index in [1.807, 2.05) is 0 Å². The summed E-state index contributed by atoms with van der Waals surface area (Å²) in [4.78, 5) is 20.5. The fourth-order valence-electron chi connectivity index (χ4n) is 1.51. The van der Waals surface area contributed by atoms with Crippen LogP contribution in [0.3, 0.4) is 0 Å². The maximum absolute atomic E-state index is 12.0. The van der Waals surface area contributed by atoms with Gasteiger partial charge >= 0.3 is 0 Å². The lowest BCUT2D eigenvalue weighted by atomic mass is 10.2. The molecule has 2 aromatic rings. The van der Waals surface area contributed by atoms with Crippen LogP contribution >= 0.6 is 0 Å². The highest BCUT2D eigenvalue weighted by Crippen LogP contribution is 2.11. The van der Waals surface area contributed by atoms with Gasteiger partial charge in [-0.15, -0.1) is 0 Å². The lowest BCUT2D eigenvalue weighted by molar-refractivity contribution is 0.0782. The van der Waals surface area contributed by atoms with Crippen molar-refractivity contribution in [2.75, 3.05) is 7.05 Å². The largest absolute Gasteiger partial charge is 0.508 e. The lowest BCUT2D eigenvalue weighted by Gasteiger charge is -2.15. The van der Waals surface area contributed by atoms with E-state index in [0.717, 1.165) is 5.82 Å². The molecule has 2 rings (SSSR count). The van der Waals surface area contributed by atoms with Crippen LogP contribution in [0.25, 0.3) is 0 Å². The molecule has 1 aromatic carbocycles. The Balaban J connectivity index is 2.07.